The molecule has 1 aromatic carbocycles. The molecule has 1 amide bonds. The molecule has 0 spiro atoms. The molecule has 3 heterocycles. The van der Waals surface area contributed by atoms with Gasteiger partial charge in [-0.1, -0.05) is 22.9 Å². The minimum absolute atomic E-state index is 0.0603. The van der Waals surface area contributed by atoms with Gasteiger partial charge in [-0.15, -0.1) is 0 Å². The normalized spacial score (nSPS) is 14.1. The number of hydrazone groups is 1. The van der Waals surface area contributed by atoms with E-state index in [1.54, 1.807) is 30.3 Å². The number of furan rings is 1. The minimum atomic E-state index is -0.488. The number of anilines is 1. The number of halogens is 1. The summed E-state index contributed by atoms with van der Waals surface area (Å²) < 4.78 is 16.6. The predicted molar refractivity (Wildman–Crippen MR) is 98.4 cm³/mol. The summed E-state index contributed by atoms with van der Waals surface area (Å²) in [5, 5.41) is 6.36. The number of carbonyl (C=O) groups excluding carboxylic acids is 1. The van der Waals surface area contributed by atoms with Crippen molar-refractivity contribution in [3.63, 3.8) is 0 Å². The molecular weight excluding hydrogens is 378 g/mol. The molecule has 0 radical (unpaired) electrons. The highest BCUT2D eigenvalue weighted by atomic mass is 35.5. The molecule has 1 aliphatic rings. The summed E-state index contributed by atoms with van der Waals surface area (Å²) in [5.74, 6) is 0.0736. The molecule has 9 heteroatoms. The van der Waals surface area contributed by atoms with E-state index in [2.05, 4.69) is 10.1 Å². The Morgan fingerprint density at radius 1 is 1.35 bits per heavy atom. The molecule has 1 aliphatic heterocycles. The van der Waals surface area contributed by atoms with Crippen LogP contribution in [0.3, 0.4) is 0 Å². The van der Waals surface area contributed by atoms with Crippen LogP contribution < -0.4 is 5.01 Å². The molecule has 0 saturated carbocycles. The van der Waals surface area contributed by atoms with Crippen molar-refractivity contribution in [2.45, 2.75) is 0 Å². The van der Waals surface area contributed by atoms with E-state index >= 15 is 0 Å². The quantitative estimate of drug-likeness (QED) is 0.501. The largest absolute Gasteiger partial charge is 0.494 e. The predicted octanol–water partition coefficient (Wildman–Crippen LogP) is 3.80. The lowest BCUT2D eigenvalue weighted by atomic mass is 10.3. The molecule has 0 saturated heterocycles. The van der Waals surface area contributed by atoms with Crippen molar-refractivity contribution in [3.05, 3.63) is 59.4 Å². The SMILES string of the molecule is O=C(C1=COCCO1)N(/N=C/c1ccco1)c1nc2ccc(Cl)cc2s1. The number of nitrogens with zero attached hydrogens (tertiary/aromatic N) is 3. The third kappa shape index (κ3) is 3.42. The van der Waals surface area contributed by atoms with Crippen LogP contribution in [-0.4, -0.2) is 30.3 Å². The molecule has 0 unspecified atom stereocenters. The Balaban J connectivity index is 1.73. The molecule has 132 valence electrons. The fourth-order valence-corrected chi connectivity index (χ4v) is 3.43. The molecule has 2 aromatic heterocycles. The summed E-state index contributed by atoms with van der Waals surface area (Å²) in [4.78, 5) is 17.3. The third-order valence-corrected chi connectivity index (χ3v) is 4.65. The Morgan fingerprint density at radius 3 is 3.04 bits per heavy atom. The average Bonchev–Trinajstić information content (AvgIpc) is 3.31. The molecule has 0 atom stereocenters. The van der Waals surface area contributed by atoms with Crippen molar-refractivity contribution in [2.75, 3.05) is 18.2 Å². The Bertz CT molecular complexity index is 997. The molecule has 26 heavy (non-hydrogen) atoms. The van der Waals surface area contributed by atoms with Crippen LogP contribution in [0.1, 0.15) is 5.76 Å². The number of hydrogen-bond acceptors (Lipinski definition) is 7. The van der Waals surface area contributed by atoms with Gasteiger partial charge in [-0.05, 0) is 30.3 Å². The minimum Gasteiger partial charge on any atom is -0.494 e. The van der Waals surface area contributed by atoms with E-state index in [1.807, 2.05) is 0 Å². The van der Waals surface area contributed by atoms with Gasteiger partial charge in [0, 0.05) is 5.02 Å². The first-order valence-corrected chi connectivity index (χ1v) is 8.83. The standard InChI is InChI=1S/C17H12ClN3O4S/c18-11-3-4-13-15(8-11)26-17(20-13)21(19-9-12-2-1-5-24-12)16(22)14-10-23-6-7-25-14/h1-5,8-10H,6-7H2/b19-9+. The number of amides is 1. The van der Waals surface area contributed by atoms with E-state index in [9.17, 15) is 4.79 Å². The van der Waals surface area contributed by atoms with Crippen LogP contribution in [-0.2, 0) is 14.3 Å². The second-order valence-electron chi connectivity index (χ2n) is 5.19. The van der Waals surface area contributed by atoms with Crippen molar-refractivity contribution < 1.29 is 18.7 Å². The van der Waals surface area contributed by atoms with Gasteiger partial charge in [0.2, 0.25) is 10.9 Å². The van der Waals surface area contributed by atoms with Crippen molar-refractivity contribution in [3.8, 4) is 0 Å². The van der Waals surface area contributed by atoms with Gasteiger partial charge in [0.25, 0.3) is 0 Å². The lowest BCUT2D eigenvalue weighted by molar-refractivity contribution is -0.119. The molecule has 0 fully saturated rings. The number of carbonyl (C=O) groups is 1. The maximum absolute atomic E-state index is 12.9. The van der Waals surface area contributed by atoms with Crippen molar-refractivity contribution >= 4 is 50.4 Å². The third-order valence-electron chi connectivity index (χ3n) is 3.42. The summed E-state index contributed by atoms with van der Waals surface area (Å²) in [6.07, 6.45) is 4.24. The Kier molecular flexibility index (Phi) is 4.59. The molecule has 0 aliphatic carbocycles. The van der Waals surface area contributed by atoms with Crippen LogP contribution in [0.15, 0.2) is 58.1 Å². The number of hydrogen-bond donors (Lipinski definition) is 0. The number of aromatic nitrogens is 1. The topological polar surface area (TPSA) is 77.2 Å². The summed E-state index contributed by atoms with van der Waals surface area (Å²) in [5.41, 5.74) is 0.718. The average molecular weight is 390 g/mol. The van der Waals surface area contributed by atoms with Crippen LogP contribution in [0.2, 0.25) is 5.02 Å². The fraction of sp³-hybridized carbons (Fsp3) is 0.118. The molecular formula is C17H12ClN3O4S. The number of fused-ring (bicyclic) bond motifs is 1. The zero-order valence-electron chi connectivity index (χ0n) is 13.3. The first kappa shape index (κ1) is 16.6. The summed E-state index contributed by atoms with van der Waals surface area (Å²) >= 11 is 7.32. The van der Waals surface area contributed by atoms with Crippen molar-refractivity contribution in [1.29, 1.82) is 0 Å². The first-order chi connectivity index (χ1) is 12.7. The van der Waals surface area contributed by atoms with Crippen LogP contribution in [0.25, 0.3) is 10.2 Å². The van der Waals surface area contributed by atoms with Crippen molar-refractivity contribution in [1.82, 2.24) is 4.98 Å². The van der Waals surface area contributed by atoms with E-state index in [0.29, 0.717) is 29.1 Å². The van der Waals surface area contributed by atoms with Crippen LogP contribution in [0.4, 0.5) is 5.13 Å². The van der Waals surface area contributed by atoms with Gasteiger partial charge in [0.05, 0.1) is 22.7 Å². The molecule has 0 N–H and O–H groups in total. The van der Waals surface area contributed by atoms with E-state index in [1.165, 1.54) is 30.1 Å². The van der Waals surface area contributed by atoms with E-state index in [4.69, 9.17) is 25.5 Å². The summed E-state index contributed by atoms with van der Waals surface area (Å²) in [7, 11) is 0. The second kappa shape index (κ2) is 7.19. The highest BCUT2D eigenvalue weighted by molar-refractivity contribution is 7.22. The number of rotatable bonds is 4. The van der Waals surface area contributed by atoms with Crippen molar-refractivity contribution in [2.24, 2.45) is 5.10 Å². The number of ether oxygens (including phenoxy) is 2. The smallest absolute Gasteiger partial charge is 0.319 e. The highest BCUT2D eigenvalue weighted by Gasteiger charge is 2.26. The summed E-state index contributed by atoms with van der Waals surface area (Å²) in [6, 6.07) is 8.77. The molecule has 3 aromatic rings. The molecule has 0 bridgehead atoms. The maximum atomic E-state index is 12.9. The fourth-order valence-electron chi connectivity index (χ4n) is 2.23. The van der Waals surface area contributed by atoms with E-state index in [-0.39, 0.29) is 5.76 Å². The lowest BCUT2D eigenvalue weighted by Crippen LogP contribution is -2.30. The van der Waals surface area contributed by atoms with Gasteiger partial charge in [-0.3, -0.25) is 4.79 Å². The Hall–Kier alpha value is -2.84. The first-order valence-electron chi connectivity index (χ1n) is 7.63. The summed E-state index contributed by atoms with van der Waals surface area (Å²) in [6.45, 7) is 0.689. The van der Waals surface area contributed by atoms with Gasteiger partial charge in [-0.25, -0.2) is 4.98 Å². The zero-order valence-corrected chi connectivity index (χ0v) is 14.9. The van der Waals surface area contributed by atoms with Gasteiger partial charge in [-0.2, -0.15) is 10.1 Å². The Morgan fingerprint density at radius 2 is 2.27 bits per heavy atom. The zero-order chi connectivity index (χ0) is 17.9. The van der Waals surface area contributed by atoms with E-state index < -0.39 is 5.91 Å². The van der Waals surface area contributed by atoms with E-state index in [0.717, 1.165) is 15.2 Å². The van der Waals surface area contributed by atoms with Gasteiger partial charge >= 0.3 is 5.91 Å². The number of thiazole rings is 1. The molecule has 4 rings (SSSR count). The van der Waals surface area contributed by atoms with Crippen LogP contribution in [0, 0.1) is 0 Å². The number of benzene rings is 1. The van der Waals surface area contributed by atoms with Gasteiger partial charge in [0.1, 0.15) is 25.2 Å². The highest BCUT2D eigenvalue weighted by Crippen LogP contribution is 2.32. The van der Waals surface area contributed by atoms with Gasteiger partial charge in [0.15, 0.2) is 0 Å². The maximum Gasteiger partial charge on any atom is 0.319 e. The van der Waals surface area contributed by atoms with Crippen LogP contribution >= 0.6 is 22.9 Å². The van der Waals surface area contributed by atoms with Gasteiger partial charge < -0.3 is 13.9 Å². The van der Waals surface area contributed by atoms with Crippen LogP contribution in [0.5, 0.6) is 0 Å². The Labute approximate surface area is 157 Å². The monoisotopic (exact) mass is 389 g/mol. The lowest BCUT2D eigenvalue weighted by Gasteiger charge is -2.18. The molecule has 7 nitrogen and oxygen atoms in total. The second-order valence-corrected chi connectivity index (χ2v) is 6.63.